The molecule has 1 N–H and O–H groups in total. The highest BCUT2D eigenvalue weighted by molar-refractivity contribution is 5.93. The zero-order valence-electron chi connectivity index (χ0n) is 17.9. The molecule has 0 bridgehead atoms. The van der Waals surface area contributed by atoms with Crippen molar-refractivity contribution in [3.8, 4) is 0 Å². The van der Waals surface area contributed by atoms with E-state index in [2.05, 4.69) is 46.3 Å². The van der Waals surface area contributed by atoms with Crippen molar-refractivity contribution in [3.63, 3.8) is 0 Å². The Hall–Kier alpha value is -2.96. The number of H-pyrrole nitrogens is 1. The third-order valence-corrected chi connectivity index (χ3v) is 6.20. The molecule has 0 saturated heterocycles. The van der Waals surface area contributed by atoms with Crippen molar-refractivity contribution in [2.75, 3.05) is 4.90 Å². The number of benzene rings is 1. The largest absolute Gasteiger partial charge is 0.277 e. The van der Waals surface area contributed by atoms with E-state index in [0.29, 0.717) is 29.5 Å². The maximum absolute atomic E-state index is 13.5. The Bertz CT molecular complexity index is 1110. The Kier molecular flexibility index (Phi) is 5.70. The van der Waals surface area contributed by atoms with Crippen LogP contribution in [0.4, 0.5) is 5.95 Å². The number of amides is 1. The summed E-state index contributed by atoms with van der Waals surface area (Å²) in [6.45, 7) is 6.08. The molecule has 1 aromatic carbocycles. The second-order valence-electron chi connectivity index (χ2n) is 8.24. The fraction of sp³-hybridized carbons (Fsp3) is 0.478. The number of aromatic nitrogens is 4. The molecule has 4 rings (SSSR count). The van der Waals surface area contributed by atoms with E-state index in [4.69, 9.17) is 0 Å². The van der Waals surface area contributed by atoms with Gasteiger partial charge in [0.2, 0.25) is 11.9 Å². The van der Waals surface area contributed by atoms with Crippen LogP contribution < -0.4 is 10.5 Å². The Labute approximate surface area is 176 Å². The van der Waals surface area contributed by atoms with Crippen LogP contribution in [0.3, 0.4) is 0 Å². The van der Waals surface area contributed by atoms with Gasteiger partial charge in [-0.25, -0.2) is 4.98 Å². The number of anilines is 1. The van der Waals surface area contributed by atoms with E-state index in [-0.39, 0.29) is 17.4 Å². The molecule has 7 heteroatoms. The van der Waals surface area contributed by atoms with E-state index < -0.39 is 0 Å². The maximum atomic E-state index is 13.5. The number of nitrogens with one attached hydrogen (secondary N) is 1. The standard InChI is InChI=1S/C23H29N5O2/c1-4-17-10-12-18(13-11-17)14-27(21(30)19-8-6-5-7-9-19)23-25-22-24-16(3)15(2)20(29)28(22)26-23/h10-13,19H,4-9,14H2,1-3H3,(H,24,25,26). The highest BCUT2D eigenvalue weighted by atomic mass is 16.2. The molecule has 1 aliphatic carbocycles. The molecule has 1 fully saturated rings. The number of hydrogen-bond acceptors (Lipinski definition) is 4. The Morgan fingerprint density at radius 3 is 2.43 bits per heavy atom. The van der Waals surface area contributed by atoms with Crippen molar-refractivity contribution in [1.82, 2.24) is 19.6 Å². The lowest BCUT2D eigenvalue weighted by Gasteiger charge is -2.27. The number of fused-ring (bicyclic) bond motifs is 1. The Balaban J connectivity index is 1.73. The van der Waals surface area contributed by atoms with E-state index in [1.807, 2.05) is 0 Å². The predicted molar refractivity (Wildman–Crippen MR) is 117 cm³/mol. The molecule has 3 aromatic rings. The van der Waals surface area contributed by atoms with Gasteiger partial charge in [0.05, 0.1) is 6.54 Å². The molecular formula is C23H29N5O2. The van der Waals surface area contributed by atoms with Gasteiger partial charge in [-0.15, -0.1) is 0 Å². The van der Waals surface area contributed by atoms with Gasteiger partial charge in [0, 0.05) is 17.2 Å². The van der Waals surface area contributed by atoms with E-state index in [9.17, 15) is 9.59 Å². The fourth-order valence-electron chi connectivity index (χ4n) is 4.10. The first-order valence-corrected chi connectivity index (χ1v) is 10.8. The molecule has 1 aliphatic rings. The van der Waals surface area contributed by atoms with Crippen molar-refractivity contribution in [2.24, 2.45) is 5.92 Å². The first-order valence-electron chi connectivity index (χ1n) is 10.8. The molecular weight excluding hydrogens is 378 g/mol. The van der Waals surface area contributed by atoms with Crippen molar-refractivity contribution in [2.45, 2.75) is 65.8 Å². The van der Waals surface area contributed by atoms with Crippen LogP contribution in [0.1, 0.15) is 61.4 Å². The highest BCUT2D eigenvalue weighted by Crippen LogP contribution is 2.27. The molecule has 0 aliphatic heterocycles. The zero-order valence-corrected chi connectivity index (χ0v) is 17.9. The first-order chi connectivity index (χ1) is 14.5. The third-order valence-electron chi connectivity index (χ3n) is 6.20. The SMILES string of the molecule is CCc1ccc(CN(C(=O)C2CCCCC2)c2nc3nc(C)c(C)c(=O)n3[nH]2)cc1. The van der Waals surface area contributed by atoms with Gasteiger partial charge in [-0.05, 0) is 44.2 Å². The molecule has 2 heterocycles. The Morgan fingerprint density at radius 2 is 1.77 bits per heavy atom. The third kappa shape index (κ3) is 3.88. The van der Waals surface area contributed by atoms with Crippen LogP contribution in [0.5, 0.6) is 0 Å². The summed E-state index contributed by atoms with van der Waals surface area (Å²) < 4.78 is 1.33. The van der Waals surface area contributed by atoms with Crippen LogP contribution in [0.15, 0.2) is 29.1 Å². The minimum absolute atomic E-state index is 0.00460. The van der Waals surface area contributed by atoms with Gasteiger partial charge in [0.25, 0.3) is 11.3 Å². The van der Waals surface area contributed by atoms with Gasteiger partial charge >= 0.3 is 0 Å². The van der Waals surface area contributed by atoms with Crippen molar-refractivity contribution in [1.29, 1.82) is 0 Å². The summed E-state index contributed by atoms with van der Waals surface area (Å²) in [6, 6.07) is 8.30. The van der Waals surface area contributed by atoms with E-state index in [1.54, 1.807) is 18.7 Å². The normalized spacial score (nSPS) is 14.9. The number of aryl methyl sites for hydroxylation is 2. The number of carbonyl (C=O) groups excluding carboxylic acids is 1. The molecule has 158 valence electrons. The van der Waals surface area contributed by atoms with Gasteiger partial charge in [-0.1, -0.05) is 50.5 Å². The molecule has 1 amide bonds. The fourth-order valence-corrected chi connectivity index (χ4v) is 4.10. The van der Waals surface area contributed by atoms with Crippen molar-refractivity contribution < 1.29 is 4.79 Å². The van der Waals surface area contributed by atoms with E-state index in [1.165, 1.54) is 16.5 Å². The lowest BCUT2D eigenvalue weighted by molar-refractivity contribution is -0.123. The summed E-state index contributed by atoms with van der Waals surface area (Å²) in [7, 11) is 0. The second-order valence-corrected chi connectivity index (χ2v) is 8.24. The number of aromatic amines is 1. The van der Waals surface area contributed by atoms with Crippen LogP contribution in [-0.4, -0.2) is 25.5 Å². The van der Waals surface area contributed by atoms with E-state index in [0.717, 1.165) is 37.7 Å². The lowest BCUT2D eigenvalue weighted by Crippen LogP contribution is -2.37. The molecule has 1 saturated carbocycles. The van der Waals surface area contributed by atoms with Gasteiger partial charge < -0.3 is 0 Å². The van der Waals surface area contributed by atoms with Crippen molar-refractivity contribution in [3.05, 3.63) is 57.0 Å². The number of hydrogen-bond donors (Lipinski definition) is 1. The van der Waals surface area contributed by atoms with Crippen molar-refractivity contribution >= 4 is 17.6 Å². The first kappa shape index (κ1) is 20.3. The summed E-state index contributed by atoms with van der Waals surface area (Å²) in [5.41, 5.74) is 3.33. The molecule has 0 unspecified atom stereocenters. The van der Waals surface area contributed by atoms with Crippen LogP contribution in [0, 0.1) is 19.8 Å². The van der Waals surface area contributed by atoms with Gasteiger partial charge in [0.15, 0.2) is 0 Å². The minimum Gasteiger partial charge on any atom is -0.276 e. The van der Waals surface area contributed by atoms with Crippen LogP contribution in [0.25, 0.3) is 5.78 Å². The van der Waals surface area contributed by atoms with Gasteiger partial charge in [-0.2, -0.15) is 9.50 Å². The summed E-state index contributed by atoms with van der Waals surface area (Å²) in [4.78, 5) is 36.8. The molecule has 0 atom stereocenters. The second kappa shape index (κ2) is 8.42. The van der Waals surface area contributed by atoms with Crippen LogP contribution >= 0.6 is 0 Å². The minimum atomic E-state index is -0.186. The summed E-state index contributed by atoms with van der Waals surface area (Å²) in [5.74, 6) is 0.727. The maximum Gasteiger partial charge on any atom is 0.277 e. The summed E-state index contributed by atoms with van der Waals surface area (Å²) >= 11 is 0. The number of rotatable bonds is 5. The molecule has 2 aromatic heterocycles. The van der Waals surface area contributed by atoms with E-state index >= 15 is 0 Å². The summed E-state index contributed by atoms with van der Waals surface area (Å²) in [6.07, 6.45) is 6.12. The molecule has 30 heavy (non-hydrogen) atoms. The smallest absolute Gasteiger partial charge is 0.276 e. The molecule has 7 nitrogen and oxygen atoms in total. The topological polar surface area (TPSA) is 83.4 Å². The quantitative estimate of drug-likeness (QED) is 0.699. The highest BCUT2D eigenvalue weighted by Gasteiger charge is 2.29. The van der Waals surface area contributed by atoms with Gasteiger partial charge in [-0.3, -0.25) is 19.6 Å². The average Bonchev–Trinajstić information content (AvgIpc) is 3.20. The zero-order chi connectivity index (χ0) is 21.3. The van der Waals surface area contributed by atoms with Crippen LogP contribution in [-0.2, 0) is 17.8 Å². The van der Waals surface area contributed by atoms with Gasteiger partial charge in [0.1, 0.15) is 0 Å². The monoisotopic (exact) mass is 407 g/mol. The Morgan fingerprint density at radius 1 is 1.10 bits per heavy atom. The molecule has 0 radical (unpaired) electrons. The predicted octanol–water partition coefficient (Wildman–Crippen LogP) is 3.71. The van der Waals surface area contributed by atoms with Crippen LogP contribution in [0.2, 0.25) is 0 Å². The average molecular weight is 408 g/mol. The number of nitrogens with zero attached hydrogens (tertiary/aromatic N) is 4. The summed E-state index contributed by atoms with van der Waals surface area (Å²) in [5, 5.41) is 3.03. The number of carbonyl (C=O) groups is 1. The lowest BCUT2D eigenvalue weighted by atomic mass is 9.88. The molecule has 0 spiro atoms.